The first-order valence-electron chi connectivity index (χ1n) is 9.69. The normalized spacial score (nSPS) is 20.8. The SMILES string of the molecule is CC1=C(CNC(=O)N2CCN(C(=O)OC(C)(C)C)CC2)C(C)(C)CCC1. The van der Waals surface area contributed by atoms with Gasteiger partial charge in [0.1, 0.15) is 5.60 Å². The van der Waals surface area contributed by atoms with Crippen LogP contribution in [-0.4, -0.2) is 60.2 Å². The summed E-state index contributed by atoms with van der Waals surface area (Å²) in [5.41, 5.74) is 2.44. The minimum Gasteiger partial charge on any atom is -0.444 e. The molecule has 1 aliphatic carbocycles. The minimum atomic E-state index is -0.496. The second-order valence-corrected chi connectivity index (χ2v) is 9.11. The predicted octanol–water partition coefficient (Wildman–Crippen LogP) is 3.78. The van der Waals surface area contributed by atoms with Crippen molar-refractivity contribution in [2.45, 2.75) is 66.4 Å². The molecule has 0 unspecified atom stereocenters. The summed E-state index contributed by atoms with van der Waals surface area (Å²) in [5, 5.41) is 3.08. The molecule has 1 N–H and O–H groups in total. The molecule has 26 heavy (non-hydrogen) atoms. The van der Waals surface area contributed by atoms with Crippen molar-refractivity contribution in [2.24, 2.45) is 5.41 Å². The monoisotopic (exact) mass is 365 g/mol. The van der Waals surface area contributed by atoms with Crippen molar-refractivity contribution in [2.75, 3.05) is 32.7 Å². The Bertz CT molecular complexity index is 567. The van der Waals surface area contributed by atoms with Crippen LogP contribution in [0.3, 0.4) is 0 Å². The molecule has 0 radical (unpaired) electrons. The van der Waals surface area contributed by atoms with E-state index in [1.807, 2.05) is 20.8 Å². The van der Waals surface area contributed by atoms with E-state index < -0.39 is 5.60 Å². The van der Waals surface area contributed by atoms with Crippen LogP contribution >= 0.6 is 0 Å². The van der Waals surface area contributed by atoms with Crippen LogP contribution in [0.4, 0.5) is 9.59 Å². The van der Waals surface area contributed by atoms with E-state index in [1.165, 1.54) is 24.0 Å². The third-order valence-corrected chi connectivity index (χ3v) is 5.32. The van der Waals surface area contributed by atoms with Gasteiger partial charge in [-0.2, -0.15) is 0 Å². The van der Waals surface area contributed by atoms with Gasteiger partial charge < -0.3 is 19.9 Å². The minimum absolute atomic E-state index is 0.0458. The van der Waals surface area contributed by atoms with E-state index in [-0.39, 0.29) is 17.5 Å². The molecule has 2 aliphatic rings. The Labute approximate surface area is 157 Å². The van der Waals surface area contributed by atoms with Crippen molar-refractivity contribution >= 4 is 12.1 Å². The number of carbonyl (C=O) groups is 2. The molecule has 0 atom stereocenters. The predicted molar refractivity (Wildman–Crippen MR) is 103 cm³/mol. The molecule has 0 bridgehead atoms. The van der Waals surface area contributed by atoms with Crippen LogP contribution < -0.4 is 5.32 Å². The molecule has 0 aromatic carbocycles. The maximum Gasteiger partial charge on any atom is 0.410 e. The average molecular weight is 366 g/mol. The van der Waals surface area contributed by atoms with E-state index in [4.69, 9.17) is 4.74 Å². The Balaban J connectivity index is 1.83. The first-order valence-corrected chi connectivity index (χ1v) is 9.69. The number of allylic oxidation sites excluding steroid dienone is 1. The van der Waals surface area contributed by atoms with E-state index in [0.717, 1.165) is 6.42 Å². The van der Waals surface area contributed by atoms with Gasteiger partial charge in [-0.25, -0.2) is 9.59 Å². The van der Waals surface area contributed by atoms with Crippen LogP contribution in [0.15, 0.2) is 11.1 Å². The first-order chi connectivity index (χ1) is 12.0. The molecule has 3 amide bonds. The maximum absolute atomic E-state index is 12.5. The van der Waals surface area contributed by atoms with Gasteiger partial charge in [0, 0.05) is 32.7 Å². The van der Waals surface area contributed by atoms with E-state index in [1.54, 1.807) is 9.80 Å². The van der Waals surface area contributed by atoms with Crippen LogP contribution in [0.5, 0.6) is 0 Å². The zero-order valence-electron chi connectivity index (χ0n) is 17.3. The second kappa shape index (κ2) is 7.89. The van der Waals surface area contributed by atoms with Gasteiger partial charge in [0.2, 0.25) is 0 Å². The molecule has 0 spiro atoms. The fraction of sp³-hybridized carbons (Fsp3) is 0.800. The van der Waals surface area contributed by atoms with E-state index >= 15 is 0 Å². The highest BCUT2D eigenvalue weighted by atomic mass is 16.6. The lowest BCUT2D eigenvalue weighted by Gasteiger charge is -2.37. The number of piperazine rings is 1. The fourth-order valence-corrected chi connectivity index (χ4v) is 3.76. The molecule has 1 saturated heterocycles. The van der Waals surface area contributed by atoms with Gasteiger partial charge in [-0.05, 0) is 57.9 Å². The van der Waals surface area contributed by atoms with Gasteiger partial charge in [0.25, 0.3) is 0 Å². The van der Waals surface area contributed by atoms with E-state index in [9.17, 15) is 9.59 Å². The van der Waals surface area contributed by atoms with Crippen LogP contribution in [0.25, 0.3) is 0 Å². The topological polar surface area (TPSA) is 61.9 Å². The summed E-state index contributed by atoms with van der Waals surface area (Å²) in [4.78, 5) is 28.1. The number of ether oxygens (including phenoxy) is 1. The summed E-state index contributed by atoms with van der Waals surface area (Å²) >= 11 is 0. The summed E-state index contributed by atoms with van der Waals surface area (Å²) in [6, 6.07) is -0.0458. The van der Waals surface area contributed by atoms with Crippen molar-refractivity contribution in [1.29, 1.82) is 0 Å². The zero-order chi connectivity index (χ0) is 19.5. The van der Waals surface area contributed by atoms with Crippen molar-refractivity contribution in [3.8, 4) is 0 Å². The number of urea groups is 1. The van der Waals surface area contributed by atoms with Crippen LogP contribution in [0, 0.1) is 5.41 Å². The quantitative estimate of drug-likeness (QED) is 0.758. The fourth-order valence-electron chi connectivity index (χ4n) is 3.76. The third-order valence-electron chi connectivity index (χ3n) is 5.32. The molecule has 0 aromatic rings. The molecular weight excluding hydrogens is 330 g/mol. The maximum atomic E-state index is 12.5. The summed E-state index contributed by atoms with van der Waals surface area (Å²) in [7, 11) is 0. The van der Waals surface area contributed by atoms with Gasteiger partial charge in [0.05, 0.1) is 0 Å². The molecule has 2 rings (SSSR count). The molecule has 148 valence electrons. The highest BCUT2D eigenvalue weighted by molar-refractivity contribution is 5.75. The molecule has 0 saturated carbocycles. The molecule has 0 aromatic heterocycles. The number of carbonyl (C=O) groups excluding carboxylic acids is 2. The second-order valence-electron chi connectivity index (χ2n) is 9.11. The van der Waals surface area contributed by atoms with E-state index in [0.29, 0.717) is 32.7 Å². The molecule has 1 fully saturated rings. The zero-order valence-corrected chi connectivity index (χ0v) is 17.3. The van der Waals surface area contributed by atoms with Crippen molar-refractivity contribution in [3.63, 3.8) is 0 Å². The number of nitrogens with one attached hydrogen (secondary N) is 1. The third kappa shape index (κ3) is 5.39. The standard InChI is InChI=1S/C20H35N3O3/c1-15-8-7-9-20(5,6)16(15)14-21-17(24)22-10-12-23(13-11-22)18(25)26-19(2,3)4/h7-14H2,1-6H3,(H,21,24). The van der Waals surface area contributed by atoms with E-state index in [2.05, 4.69) is 26.1 Å². The number of amides is 3. The lowest BCUT2D eigenvalue weighted by atomic mass is 9.73. The Morgan fingerprint density at radius 1 is 1.12 bits per heavy atom. The van der Waals surface area contributed by atoms with Gasteiger partial charge >= 0.3 is 12.1 Å². The van der Waals surface area contributed by atoms with Gasteiger partial charge in [-0.3, -0.25) is 0 Å². The van der Waals surface area contributed by atoms with Crippen molar-refractivity contribution < 1.29 is 14.3 Å². The molecule has 1 aliphatic heterocycles. The first kappa shape index (κ1) is 20.6. The Kier molecular flexibility index (Phi) is 6.25. The molecule has 6 heteroatoms. The smallest absolute Gasteiger partial charge is 0.410 e. The number of hydrogen-bond acceptors (Lipinski definition) is 3. The van der Waals surface area contributed by atoms with Crippen molar-refractivity contribution in [3.05, 3.63) is 11.1 Å². The summed E-state index contributed by atoms with van der Waals surface area (Å²) in [6.07, 6.45) is 3.22. The van der Waals surface area contributed by atoms with Crippen LogP contribution in [0.2, 0.25) is 0 Å². The molecule has 6 nitrogen and oxygen atoms in total. The Morgan fingerprint density at radius 2 is 1.69 bits per heavy atom. The lowest BCUT2D eigenvalue weighted by molar-refractivity contribution is 0.0170. The Hall–Kier alpha value is -1.72. The van der Waals surface area contributed by atoms with Gasteiger partial charge in [-0.1, -0.05) is 19.4 Å². The van der Waals surface area contributed by atoms with Gasteiger partial charge in [-0.15, -0.1) is 0 Å². The molecule has 1 heterocycles. The number of nitrogens with zero attached hydrogens (tertiary/aromatic N) is 2. The summed E-state index contributed by atoms with van der Waals surface area (Å²) < 4.78 is 5.40. The van der Waals surface area contributed by atoms with Gasteiger partial charge in [0.15, 0.2) is 0 Å². The van der Waals surface area contributed by atoms with Crippen LogP contribution in [0.1, 0.15) is 60.8 Å². The summed E-state index contributed by atoms with van der Waals surface area (Å²) in [6.45, 7) is 15.0. The highest BCUT2D eigenvalue weighted by Gasteiger charge is 2.30. The Morgan fingerprint density at radius 3 is 2.23 bits per heavy atom. The summed E-state index contributed by atoms with van der Waals surface area (Å²) in [5.74, 6) is 0. The number of hydrogen-bond donors (Lipinski definition) is 1. The largest absolute Gasteiger partial charge is 0.444 e. The molecular formula is C20H35N3O3. The number of rotatable bonds is 2. The average Bonchev–Trinajstić information content (AvgIpc) is 2.52. The lowest BCUT2D eigenvalue weighted by Crippen LogP contribution is -2.54. The van der Waals surface area contributed by atoms with Crippen LogP contribution in [-0.2, 0) is 4.74 Å². The highest BCUT2D eigenvalue weighted by Crippen LogP contribution is 2.39. The van der Waals surface area contributed by atoms with Crippen molar-refractivity contribution in [1.82, 2.24) is 15.1 Å².